The number of aliphatic carboxylic acids is 1. The van der Waals surface area contributed by atoms with Gasteiger partial charge in [-0.25, -0.2) is 4.79 Å². The molecule has 3 atom stereocenters. The Morgan fingerprint density at radius 1 is 1.03 bits per heavy atom. The van der Waals surface area contributed by atoms with Gasteiger partial charge in [0.15, 0.2) is 0 Å². The molecule has 0 heterocycles. The predicted molar refractivity (Wildman–Crippen MR) is 133 cm³/mol. The summed E-state index contributed by atoms with van der Waals surface area (Å²) < 4.78 is 5.21. The van der Waals surface area contributed by atoms with Crippen molar-refractivity contribution in [1.29, 1.82) is 0 Å². The van der Waals surface area contributed by atoms with Gasteiger partial charge >= 0.3 is 12.1 Å². The van der Waals surface area contributed by atoms with Crippen molar-refractivity contribution in [3.05, 3.63) is 70.7 Å². The maximum absolute atomic E-state index is 13.0. The van der Waals surface area contributed by atoms with Crippen LogP contribution in [0.25, 0.3) is 0 Å². The fourth-order valence-electron chi connectivity index (χ4n) is 4.15. The lowest BCUT2D eigenvalue weighted by Crippen LogP contribution is -2.49. The van der Waals surface area contributed by atoms with Gasteiger partial charge in [0.2, 0.25) is 5.91 Å². The van der Waals surface area contributed by atoms with E-state index >= 15 is 0 Å². The van der Waals surface area contributed by atoms with Crippen molar-refractivity contribution in [3.63, 3.8) is 0 Å². The van der Waals surface area contributed by atoms with Crippen molar-refractivity contribution >= 4 is 29.6 Å². The zero-order valence-electron chi connectivity index (χ0n) is 19.5. The van der Waals surface area contributed by atoms with Crippen LogP contribution >= 0.6 is 11.6 Å². The number of amides is 2. The first kappa shape index (κ1) is 26.5. The molecule has 2 amide bonds. The monoisotopic (exact) mass is 501 g/mol. The van der Waals surface area contributed by atoms with Gasteiger partial charge in [0.1, 0.15) is 6.61 Å². The number of carboxylic acids is 1. The normalized spacial score (nSPS) is 18.0. The molecule has 2 aromatic rings. The van der Waals surface area contributed by atoms with Crippen molar-refractivity contribution in [1.82, 2.24) is 16.0 Å². The largest absolute Gasteiger partial charge is 0.481 e. The minimum absolute atomic E-state index is 0.187. The van der Waals surface area contributed by atoms with Crippen LogP contribution in [-0.4, -0.2) is 41.7 Å². The van der Waals surface area contributed by atoms with E-state index in [9.17, 15) is 19.5 Å². The first-order chi connectivity index (χ1) is 16.9. The van der Waals surface area contributed by atoms with Crippen LogP contribution in [0, 0.1) is 5.92 Å². The number of carboxylic acid groups (broad SMARTS) is 1. The number of rotatable bonds is 12. The maximum Gasteiger partial charge on any atom is 0.407 e. The van der Waals surface area contributed by atoms with Gasteiger partial charge in [-0.15, -0.1) is 0 Å². The van der Waals surface area contributed by atoms with Crippen molar-refractivity contribution in [2.75, 3.05) is 6.54 Å². The average Bonchev–Trinajstić information content (AvgIpc) is 3.32. The topological polar surface area (TPSA) is 117 Å². The summed E-state index contributed by atoms with van der Waals surface area (Å²) in [6.07, 6.45) is 2.49. The lowest BCUT2D eigenvalue weighted by atomic mass is 10.0. The number of alkyl carbamates (subject to hydrolysis) is 1. The Bertz CT molecular complexity index is 971. The van der Waals surface area contributed by atoms with Crippen LogP contribution in [0.3, 0.4) is 0 Å². The summed E-state index contributed by atoms with van der Waals surface area (Å²) in [4.78, 5) is 36.5. The Morgan fingerprint density at radius 3 is 2.49 bits per heavy atom. The fraction of sp³-hybridized carbons (Fsp3) is 0.423. The van der Waals surface area contributed by atoms with Gasteiger partial charge in [-0.2, -0.15) is 0 Å². The predicted octanol–water partition coefficient (Wildman–Crippen LogP) is 3.87. The molecule has 4 N–H and O–H groups in total. The number of hydrogen-bond acceptors (Lipinski definition) is 5. The van der Waals surface area contributed by atoms with Gasteiger partial charge in [0.25, 0.3) is 0 Å². The van der Waals surface area contributed by atoms with E-state index in [-0.39, 0.29) is 18.6 Å². The molecule has 1 aliphatic rings. The van der Waals surface area contributed by atoms with Crippen LogP contribution < -0.4 is 16.0 Å². The number of ether oxygens (including phenoxy) is 1. The zero-order chi connectivity index (χ0) is 25.0. The number of carbonyl (C=O) groups excluding carboxylic acids is 2. The lowest BCUT2D eigenvalue weighted by molar-refractivity contribution is -0.142. The molecule has 0 aromatic heterocycles. The molecule has 1 aliphatic carbocycles. The smallest absolute Gasteiger partial charge is 0.407 e. The number of benzene rings is 2. The van der Waals surface area contributed by atoms with Gasteiger partial charge in [-0.05, 0) is 48.9 Å². The molecule has 0 spiro atoms. The molecular formula is C26H32ClN3O5. The van der Waals surface area contributed by atoms with E-state index in [1.807, 2.05) is 42.5 Å². The van der Waals surface area contributed by atoms with E-state index in [1.165, 1.54) is 0 Å². The van der Waals surface area contributed by atoms with Crippen LogP contribution in [-0.2, 0) is 27.5 Å². The number of nitrogens with one attached hydrogen (secondary N) is 3. The summed E-state index contributed by atoms with van der Waals surface area (Å²) in [6.45, 7) is 0.989. The summed E-state index contributed by atoms with van der Waals surface area (Å²) in [7, 11) is 0. The minimum Gasteiger partial charge on any atom is -0.481 e. The van der Waals surface area contributed by atoms with Crippen molar-refractivity contribution in [2.24, 2.45) is 5.92 Å². The number of carbonyl (C=O) groups is 3. The molecule has 3 rings (SSSR count). The quantitative estimate of drug-likeness (QED) is 0.328. The summed E-state index contributed by atoms with van der Waals surface area (Å²) in [5.74, 6) is -1.67. The summed E-state index contributed by atoms with van der Waals surface area (Å²) in [6, 6.07) is 15.8. The molecule has 0 aliphatic heterocycles. The first-order valence-electron chi connectivity index (χ1n) is 11.9. The van der Waals surface area contributed by atoms with Crippen LogP contribution in [0.5, 0.6) is 0 Å². The van der Waals surface area contributed by atoms with E-state index < -0.39 is 24.0 Å². The Kier molecular flexibility index (Phi) is 10.4. The molecule has 0 bridgehead atoms. The summed E-state index contributed by atoms with van der Waals surface area (Å²) >= 11 is 5.95. The van der Waals surface area contributed by atoms with Crippen LogP contribution in [0.2, 0.25) is 5.02 Å². The van der Waals surface area contributed by atoms with E-state index in [0.29, 0.717) is 43.8 Å². The molecule has 9 heteroatoms. The number of halogens is 1. The molecule has 35 heavy (non-hydrogen) atoms. The molecule has 188 valence electrons. The van der Waals surface area contributed by atoms with Gasteiger partial charge < -0.3 is 25.8 Å². The molecule has 2 aromatic carbocycles. The second kappa shape index (κ2) is 13.7. The summed E-state index contributed by atoms with van der Waals surface area (Å²) in [5.41, 5.74) is 1.87. The van der Waals surface area contributed by atoms with Gasteiger partial charge in [0.05, 0.1) is 12.0 Å². The molecule has 1 saturated carbocycles. The lowest BCUT2D eigenvalue weighted by Gasteiger charge is -2.23. The summed E-state index contributed by atoms with van der Waals surface area (Å²) in [5, 5.41) is 19.0. The molecule has 0 radical (unpaired) electrons. The van der Waals surface area contributed by atoms with Gasteiger partial charge in [-0.3, -0.25) is 9.59 Å². The molecule has 0 saturated heterocycles. The Morgan fingerprint density at radius 2 is 1.77 bits per heavy atom. The molecular weight excluding hydrogens is 470 g/mol. The Hall–Kier alpha value is -3.10. The Balaban J connectivity index is 1.49. The van der Waals surface area contributed by atoms with Gasteiger partial charge in [-0.1, -0.05) is 60.5 Å². The third kappa shape index (κ3) is 8.88. The minimum atomic E-state index is -0.878. The first-order valence-corrected chi connectivity index (χ1v) is 12.3. The maximum atomic E-state index is 13.0. The van der Waals surface area contributed by atoms with E-state index in [2.05, 4.69) is 16.0 Å². The van der Waals surface area contributed by atoms with E-state index in [0.717, 1.165) is 17.5 Å². The molecule has 1 fully saturated rings. The zero-order valence-corrected chi connectivity index (χ0v) is 20.3. The van der Waals surface area contributed by atoms with Crippen molar-refractivity contribution in [2.45, 2.75) is 57.3 Å². The van der Waals surface area contributed by atoms with Crippen molar-refractivity contribution < 1.29 is 24.2 Å². The van der Waals surface area contributed by atoms with Crippen LogP contribution in [0.4, 0.5) is 4.79 Å². The third-order valence-corrected chi connectivity index (χ3v) is 6.35. The number of hydrogen-bond donors (Lipinski definition) is 4. The second-order valence-electron chi connectivity index (χ2n) is 8.68. The van der Waals surface area contributed by atoms with Crippen LogP contribution in [0.1, 0.15) is 43.2 Å². The highest BCUT2D eigenvalue weighted by molar-refractivity contribution is 6.30. The molecule has 0 unspecified atom stereocenters. The fourth-order valence-corrected chi connectivity index (χ4v) is 4.28. The standard InChI is InChI=1S/C26H32ClN3O5/c27-20-13-11-18(12-14-20)16-29-23(24(31)30-22-9-4-8-21(22)25(32)33)10-5-15-28-26(34)35-17-19-6-2-1-3-7-19/h1-3,6-7,11-14,21-23,29H,4-5,8-10,15-17H2,(H,28,34)(H,30,31)(H,32,33)/t21-,22+,23+/m1/s1. The Labute approximate surface area is 210 Å². The van der Waals surface area contributed by atoms with E-state index in [1.54, 1.807) is 12.1 Å². The van der Waals surface area contributed by atoms with Crippen molar-refractivity contribution in [3.8, 4) is 0 Å². The third-order valence-electron chi connectivity index (χ3n) is 6.09. The second-order valence-corrected chi connectivity index (χ2v) is 9.12. The van der Waals surface area contributed by atoms with Crippen LogP contribution in [0.15, 0.2) is 54.6 Å². The highest BCUT2D eigenvalue weighted by atomic mass is 35.5. The van der Waals surface area contributed by atoms with E-state index in [4.69, 9.17) is 16.3 Å². The van der Waals surface area contributed by atoms with Gasteiger partial charge in [0, 0.05) is 24.2 Å². The average molecular weight is 502 g/mol. The highest BCUT2D eigenvalue weighted by Crippen LogP contribution is 2.26. The molecule has 8 nitrogen and oxygen atoms in total. The SMILES string of the molecule is O=C(NCCC[C@H](NCc1ccc(Cl)cc1)C(=O)N[C@H]1CCC[C@H]1C(=O)O)OCc1ccccc1. The highest BCUT2D eigenvalue weighted by Gasteiger charge is 2.35.